The lowest BCUT2D eigenvalue weighted by Gasteiger charge is -2.13. The van der Waals surface area contributed by atoms with E-state index in [1.807, 2.05) is 13.8 Å². The number of nitrogens with zero attached hydrogens (tertiary/aromatic N) is 2. The fourth-order valence-corrected chi connectivity index (χ4v) is 1.72. The zero-order valence-electron chi connectivity index (χ0n) is 10.8. The van der Waals surface area contributed by atoms with Crippen molar-refractivity contribution in [2.45, 2.75) is 46.2 Å². The molecule has 1 aromatic rings. The van der Waals surface area contributed by atoms with Gasteiger partial charge in [-0.1, -0.05) is 18.5 Å². The van der Waals surface area contributed by atoms with E-state index in [-0.39, 0.29) is 11.8 Å². The van der Waals surface area contributed by atoms with Crippen molar-refractivity contribution in [1.29, 1.82) is 0 Å². The van der Waals surface area contributed by atoms with Gasteiger partial charge in [0.1, 0.15) is 5.69 Å². The Balaban J connectivity index is 2.78. The summed E-state index contributed by atoms with van der Waals surface area (Å²) in [4.78, 5) is 12.1. The number of ketones is 1. The lowest BCUT2D eigenvalue weighted by molar-refractivity contribution is 0.0975. The van der Waals surface area contributed by atoms with Crippen molar-refractivity contribution in [3.05, 3.63) is 16.9 Å². The molecule has 0 fully saturated rings. The lowest BCUT2D eigenvalue weighted by atomic mass is 10.2. The van der Waals surface area contributed by atoms with Crippen LogP contribution in [0, 0.1) is 0 Å². The summed E-state index contributed by atoms with van der Waals surface area (Å²) in [6, 6.07) is 0.457. The minimum Gasteiger partial charge on any atom is -0.307 e. The summed E-state index contributed by atoms with van der Waals surface area (Å²) in [6.07, 6.45) is 2.52. The summed E-state index contributed by atoms with van der Waals surface area (Å²) < 4.78 is 1.67. The van der Waals surface area contributed by atoms with Crippen LogP contribution in [0.15, 0.2) is 6.20 Å². The SMILES string of the molecule is CCC(C)NCC(=O)c1c(Cl)cnn1C(C)C. The fraction of sp³-hybridized carbons (Fsp3) is 0.667. The topological polar surface area (TPSA) is 46.9 Å². The highest BCUT2D eigenvalue weighted by Crippen LogP contribution is 2.19. The first kappa shape index (κ1) is 14.2. The van der Waals surface area contributed by atoms with Crippen molar-refractivity contribution < 1.29 is 4.79 Å². The zero-order valence-corrected chi connectivity index (χ0v) is 11.6. The second kappa shape index (κ2) is 6.17. The van der Waals surface area contributed by atoms with Gasteiger partial charge in [-0.15, -0.1) is 0 Å². The second-order valence-electron chi connectivity index (χ2n) is 4.49. The van der Waals surface area contributed by atoms with E-state index >= 15 is 0 Å². The van der Waals surface area contributed by atoms with E-state index in [0.717, 1.165) is 6.42 Å². The Hall–Kier alpha value is -0.870. The molecule has 0 spiro atoms. The molecule has 0 aliphatic heterocycles. The fourth-order valence-electron chi connectivity index (χ4n) is 1.49. The van der Waals surface area contributed by atoms with Crippen molar-refractivity contribution in [1.82, 2.24) is 15.1 Å². The van der Waals surface area contributed by atoms with Gasteiger partial charge in [-0.3, -0.25) is 9.48 Å². The van der Waals surface area contributed by atoms with Crippen molar-refractivity contribution in [3.8, 4) is 0 Å². The van der Waals surface area contributed by atoms with Gasteiger partial charge in [0, 0.05) is 12.1 Å². The maximum atomic E-state index is 12.1. The summed E-state index contributed by atoms with van der Waals surface area (Å²) >= 11 is 6.00. The smallest absolute Gasteiger partial charge is 0.196 e. The quantitative estimate of drug-likeness (QED) is 0.797. The lowest BCUT2D eigenvalue weighted by Crippen LogP contribution is -2.32. The summed E-state index contributed by atoms with van der Waals surface area (Å²) in [5, 5.41) is 7.71. The Morgan fingerprint density at radius 2 is 2.18 bits per heavy atom. The molecule has 0 saturated carbocycles. The first-order chi connectivity index (χ1) is 7.97. The van der Waals surface area contributed by atoms with Gasteiger partial charge in [0.2, 0.25) is 0 Å². The molecule has 1 N–H and O–H groups in total. The minimum atomic E-state index is -0.0125. The summed E-state index contributed by atoms with van der Waals surface area (Å²) in [6.45, 7) is 8.37. The molecule has 17 heavy (non-hydrogen) atoms. The van der Waals surface area contributed by atoms with Crippen molar-refractivity contribution >= 4 is 17.4 Å². The summed E-state index contributed by atoms with van der Waals surface area (Å²) in [5.74, 6) is -0.0125. The van der Waals surface area contributed by atoms with Crippen LogP contribution in [0.5, 0.6) is 0 Å². The molecule has 5 heteroatoms. The van der Waals surface area contributed by atoms with E-state index in [1.165, 1.54) is 6.20 Å². The Bertz CT molecular complexity index is 387. The van der Waals surface area contributed by atoms with Crippen LogP contribution < -0.4 is 5.32 Å². The first-order valence-corrected chi connectivity index (χ1v) is 6.34. The van der Waals surface area contributed by atoms with Crippen LogP contribution in [-0.4, -0.2) is 28.2 Å². The van der Waals surface area contributed by atoms with Crippen LogP contribution in [0.2, 0.25) is 5.02 Å². The van der Waals surface area contributed by atoms with E-state index in [1.54, 1.807) is 4.68 Å². The molecular formula is C12H20ClN3O. The highest BCUT2D eigenvalue weighted by molar-refractivity contribution is 6.33. The average molecular weight is 258 g/mol. The number of Topliss-reactive ketones (excluding diaryl/α,β-unsaturated/α-hetero) is 1. The van der Waals surface area contributed by atoms with Gasteiger partial charge in [-0.25, -0.2) is 0 Å². The Morgan fingerprint density at radius 3 is 2.71 bits per heavy atom. The molecule has 0 aromatic carbocycles. The molecule has 96 valence electrons. The van der Waals surface area contributed by atoms with E-state index in [0.29, 0.717) is 23.3 Å². The van der Waals surface area contributed by atoms with Gasteiger partial charge < -0.3 is 5.32 Å². The molecule has 0 bridgehead atoms. The van der Waals surface area contributed by atoms with Crippen LogP contribution in [-0.2, 0) is 0 Å². The Labute approximate surface area is 107 Å². The zero-order chi connectivity index (χ0) is 13.0. The molecule has 1 aromatic heterocycles. The maximum Gasteiger partial charge on any atom is 0.196 e. The molecule has 1 rings (SSSR count). The number of aromatic nitrogens is 2. The van der Waals surface area contributed by atoms with Gasteiger partial charge in [0.25, 0.3) is 0 Å². The molecule has 0 saturated heterocycles. The molecule has 0 radical (unpaired) electrons. The number of halogens is 1. The Kier molecular flexibility index (Phi) is 5.15. The molecule has 1 atom stereocenters. The van der Waals surface area contributed by atoms with Crippen molar-refractivity contribution in [2.75, 3.05) is 6.54 Å². The molecule has 0 aliphatic rings. The van der Waals surface area contributed by atoms with Gasteiger partial charge in [0.05, 0.1) is 17.8 Å². The number of nitrogens with one attached hydrogen (secondary N) is 1. The number of hydrogen-bond acceptors (Lipinski definition) is 3. The number of carbonyl (C=O) groups is 1. The van der Waals surface area contributed by atoms with Crippen LogP contribution in [0.4, 0.5) is 0 Å². The number of carbonyl (C=O) groups excluding carboxylic acids is 1. The first-order valence-electron chi connectivity index (χ1n) is 5.96. The largest absolute Gasteiger partial charge is 0.307 e. The van der Waals surface area contributed by atoms with Gasteiger partial charge in [-0.05, 0) is 27.2 Å². The third kappa shape index (κ3) is 3.54. The van der Waals surface area contributed by atoms with E-state index < -0.39 is 0 Å². The van der Waals surface area contributed by atoms with Gasteiger partial charge in [0.15, 0.2) is 5.78 Å². The van der Waals surface area contributed by atoms with Crippen LogP contribution in [0.3, 0.4) is 0 Å². The maximum absolute atomic E-state index is 12.1. The third-order valence-electron chi connectivity index (χ3n) is 2.73. The molecule has 0 aliphatic carbocycles. The predicted octanol–water partition coefficient (Wildman–Crippen LogP) is 2.69. The Morgan fingerprint density at radius 1 is 1.53 bits per heavy atom. The number of rotatable bonds is 6. The van der Waals surface area contributed by atoms with Gasteiger partial charge >= 0.3 is 0 Å². The highest BCUT2D eigenvalue weighted by Gasteiger charge is 2.19. The average Bonchev–Trinajstić information content (AvgIpc) is 2.67. The van der Waals surface area contributed by atoms with Crippen molar-refractivity contribution in [3.63, 3.8) is 0 Å². The van der Waals surface area contributed by atoms with Crippen LogP contribution in [0.1, 0.15) is 50.6 Å². The van der Waals surface area contributed by atoms with Crippen LogP contribution >= 0.6 is 11.6 Å². The molecule has 0 amide bonds. The highest BCUT2D eigenvalue weighted by atomic mass is 35.5. The monoisotopic (exact) mass is 257 g/mol. The minimum absolute atomic E-state index is 0.0125. The standard InChI is InChI=1S/C12H20ClN3O/c1-5-9(4)14-7-11(17)12-10(13)6-15-16(12)8(2)3/h6,8-9,14H,5,7H2,1-4H3. The molecule has 1 unspecified atom stereocenters. The normalized spacial score (nSPS) is 13.1. The number of hydrogen-bond donors (Lipinski definition) is 1. The molecule has 1 heterocycles. The predicted molar refractivity (Wildman–Crippen MR) is 69.7 cm³/mol. The second-order valence-corrected chi connectivity index (χ2v) is 4.90. The summed E-state index contributed by atoms with van der Waals surface area (Å²) in [7, 11) is 0. The molecular weight excluding hydrogens is 238 g/mol. The van der Waals surface area contributed by atoms with Crippen molar-refractivity contribution in [2.24, 2.45) is 0 Å². The summed E-state index contributed by atoms with van der Waals surface area (Å²) in [5.41, 5.74) is 0.498. The van der Waals surface area contributed by atoms with E-state index in [2.05, 4.69) is 24.3 Å². The van der Waals surface area contributed by atoms with E-state index in [4.69, 9.17) is 11.6 Å². The van der Waals surface area contributed by atoms with Crippen LogP contribution in [0.25, 0.3) is 0 Å². The third-order valence-corrected chi connectivity index (χ3v) is 3.00. The van der Waals surface area contributed by atoms with E-state index in [9.17, 15) is 4.79 Å². The van der Waals surface area contributed by atoms with Gasteiger partial charge in [-0.2, -0.15) is 5.10 Å². The molecule has 4 nitrogen and oxygen atoms in total.